The van der Waals surface area contributed by atoms with E-state index in [0.717, 1.165) is 57.5 Å². The standard InChI is InChI=1S/C15H23N7/c1-13-14(12-19-20-13)11-16-5-6-21-7-9-22(10-8-21)15-17-3-2-4-18-15/h2-4,12,16H,5-11H2,1H3,(H,19,20). The second-order valence-electron chi connectivity index (χ2n) is 5.57. The van der Waals surface area contributed by atoms with Crippen LogP contribution in [0.25, 0.3) is 0 Å². The summed E-state index contributed by atoms with van der Waals surface area (Å²) in [4.78, 5) is 13.4. The van der Waals surface area contributed by atoms with E-state index in [9.17, 15) is 0 Å². The van der Waals surface area contributed by atoms with Crippen LogP contribution in [0.3, 0.4) is 0 Å². The highest BCUT2D eigenvalue weighted by Gasteiger charge is 2.18. The molecule has 2 N–H and O–H groups in total. The molecular weight excluding hydrogens is 278 g/mol. The Morgan fingerprint density at radius 2 is 1.95 bits per heavy atom. The van der Waals surface area contributed by atoms with Gasteiger partial charge < -0.3 is 10.2 Å². The van der Waals surface area contributed by atoms with Crippen LogP contribution in [-0.4, -0.2) is 64.3 Å². The molecule has 1 aliphatic heterocycles. The van der Waals surface area contributed by atoms with Crippen molar-refractivity contribution in [2.75, 3.05) is 44.2 Å². The minimum atomic E-state index is 0.843. The molecule has 118 valence electrons. The average Bonchev–Trinajstić information content (AvgIpc) is 2.98. The first-order valence-corrected chi connectivity index (χ1v) is 7.77. The number of nitrogens with zero attached hydrogens (tertiary/aromatic N) is 5. The number of hydrogen-bond acceptors (Lipinski definition) is 6. The Morgan fingerprint density at radius 1 is 1.18 bits per heavy atom. The van der Waals surface area contributed by atoms with Crippen LogP contribution in [0.5, 0.6) is 0 Å². The van der Waals surface area contributed by atoms with Crippen LogP contribution >= 0.6 is 0 Å². The molecular formula is C15H23N7. The third-order valence-corrected chi connectivity index (χ3v) is 4.06. The number of H-pyrrole nitrogens is 1. The van der Waals surface area contributed by atoms with Crippen LogP contribution in [0.15, 0.2) is 24.7 Å². The summed E-state index contributed by atoms with van der Waals surface area (Å²) in [6.45, 7) is 9.09. The first kappa shape index (κ1) is 14.9. The summed E-state index contributed by atoms with van der Waals surface area (Å²) in [6, 6.07) is 1.85. The minimum Gasteiger partial charge on any atom is -0.338 e. The van der Waals surface area contributed by atoms with Crippen molar-refractivity contribution in [2.24, 2.45) is 0 Å². The monoisotopic (exact) mass is 301 g/mol. The molecule has 0 aromatic carbocycles. The van der Waals surface area contributed by atoms with Crippen LogP contribution in [0.1, 0.15) is 11.3 Å². The fourth-order valence-electron chi connectivity index (χ4n) is 2.64. The van der Waals surface area contributed by atoms with Gasteiger partial charge in [-0.15, -0.1) is 0 Å². The van der Waals surface area contributed by atoms with E-state index in [1.54, 1.807) is 12.4 Å². The molecule has 7 nitrogen and oxygen atoms in total. The number of hydrogen-bond donors (Lipinski definition) is 2. The van der Waals surface area contributed by atoms with Crippen molar-refractivity contribution in [3.05, 3.63) is 35.9 Å². The lowest BCUT2D eigenvalue weighted by Gasteiger charge is -2.34. The van der Waals surface area contributed by atoms with Gasteiger partial charge in [-0.25, -0.2) is 9.97 Å². The van der Waals surface area contributed by atoms with E-state index >= 15 is 0 Å². The highest BCUT2D eigenvalue weighted by atomic mass is 15.3. The van der Waals surface area contributed by atoms with E-state index in [2.05, 4.69) is 42.2 Å². The molecule has 0 radical (unpaired) electrons. The fourth-order valence-corrected chi connectivity index (χ4v) is 2.64. The quantitative estimate of drug-likeness (QED) is 0.754. The molecule has 0 amide bonds. The summed E-state index contributed by atoms with van der Waals surface area (Å²) in [5.41, 5.74) is 2.38. The van der Waals surface area contributed by atoms with Gasteiger partial charge in [-0.1, -0.05) is 0 Å². The van der Waals surface area contributed by atoms with Crippen LogP contribution < -0.4 is 10.2 Å². The number of aromatic nitrogens is 4. The van der Waals surface area contributed by atoms with Crippen LogP contribution in [0.4, 0.5) is 5.95 Å². The predicted molar refractivity (Wildman–Crippen MR) is 85.7 cm³/mol. The van der Waals surface area contributed by atoms with E-state index in [4.69, 9.17) is 0 Å². The average molecular weight is 301 g/mol. The Morgan fingerprint density at radius 3 is 2.64 bits per heavy atom. The lowest BCUT2D eigenvalue weighted by atomic mass is 10.2. The van der Waals surface area contributed by atoms with Gasteiger partial charge in [0.05, 0.1) is 6.20 Å². The van der Waals surface area contributed by atoms with Crippen LogP contribution in [-0.2, 0) is 6.54 Å². The first-order valence-electron chi connectivity index (χ1n) is 7.77. The third-order valence-electron chi connectivity index (χ3n) is 4.06. The van der Waals surface area contributed by atoms with Crippen molar-refractivity contribution < 1.29 is 0 Å². The summed E-state index contributed by atoms with van der Waals surface area (Å²) in [6.07, 6.45) is 5.49. The third kappa shape index (κ3) is 3.80. The highest BCUT2D eigenvalue weighted by Crippen LogP contribution is 2.09. The molecule has 0 spiro atoms. The molecule has 7 heteroatoms. The van der Waals surface area contributed by atoms with Gasteiger partial charge in [-0.3, -0.25) is 10.00 Å². The predicted octanol–water partition coefficient (Wildman–Crippen LogP) is 0.420. The molecule has 0 aliphatic carbocycles. The lowest BCUT2D eigenvalue weighted by molar-refractivity contribution is 0.256. The number of aryl methyl sites for hydroxylation is 1. The number of piperazine rings is 1. The van der Waals surface area contributed by atoms with E-state index in [1.165, 1.54) is 5.56 Å². The van der Waals surface area contributed by atoms with Gasteiger partial charge in [-0.05, 0) is 13.0 Å². The molecule has 0 atom stereocenters. The molecule has 2 aromatic rings. The molecule has 2 aromatic heterocycles. The number of anilines is 1. The van der Waals surface area contributed by atoms with Gasteiger partial charge in [0.25, 0.3) is 0 Å². The Bertz CT molecular complexity index is 560. The summed E-state index contributed by atoms with van der Waals surface area (Å²) in [5.74, 6) is 0.843. The highest BCUT2D eigenvalue weighted by molar-refractivity contribution is 5.29. The smallest absolute Gasteiger partial charge is 0.225 e. The molecule has 22 heavy (non-hydrogen) atoms. The topological polar surface area (TPSA) is 73.0 Å². The summed E-state index contributed by atoms with van der Waals surface area (Å²) >= 11 is 0. The number of rotatable bonds is 6. The van der Waals surface area contributed by atoms with Gasteiger partial charge in [0.2, 0.25) is 5.95 Å². The molecule has 1 aliphatic rings. The fraction of sp³-hybridized carbons (Fsp3) is 0.533. The second kappa shape index (κ2) is 7.33. The molecule has 1 fully saturated rings. The largest absolute Gasteiger partial charge is 0.338 e. The molecule has 3 heterocycles. The number of nitrogens with one attached hydrogen (secondary N) is 2. The van der Waals surface area contributed by atoms with Crippen molar-refractivity contribution >= 4 is 5.95 Å². The Kier molecular flexibility index (Phi) is 4.97. The summed E-state index contributed by atoms with van der Waals surface area (Å²) in [7, 11) is 0. The van der Waals surface area contributed by atoms with Gasteiger partial charge in [0, 0.05) is 69.5 Å². The van der Waals surface area contributed by atoms with E-state index in [0.29, 0.717) is 0 Å². The van der Waals surface area contributed by atoms with Crippen LogP contribution in [0.2, 0.25) is 0 Å². The van der Waals surface area contributed by atoms with Crippen LogP contribution in [0, 0.1) is 6.92 Å². The maximum absolute atomic E-state index is 4.31. The Hall–Kier alpha value is -1.99. The zero-order valence-corrected chi connectivity index (χ0v) is 13.0. The maximum Gasteiger partial charge on any atom is 0.225 e. The Balaban J connectivity index is 1.35. The second-order valence-corrected chi connectivity index (χ2v) is 5.57. The lowest BCUT2D eigenvalue weighted by Crippen LogP contribution is -2.48. The molecule has 1 saturated heterocycles. The maximum atomic E-state index is 4.31. The molecule has 0 unspecified atom stereocenters. The normalized spacial score (nSPS) is 16.1. The van der Waals surface area contributed by atoms with E-state index in [1.807, 2.05) is 12.3 Å². The van der Waals surface area contributed by atoms with Crippen molar-refractivity contribution in [1.29, 1.82) is 0 Å². The van der Waals surface area contributed by atoms with E-state index in [-0.39, 0.29) is 0 Å². The summed E-state index contributed by atoms with van der Waals surface area (Å²) < 4.78 is 0. The summed E-state index contributed by atoms with van der Waals surface area (Å²) in [5, 5.41) is 10.5. The van der Waals surface area contributed by atoms with Crippen molar-refractivity contribution in [1.82, 2.24) is 30.4 Å². The van der Waals surface area contributed by atoms with Crippen molar-refractivity contribution in [2.45, 2.75) is 13.5 Å². The van der Waals surface area contributed by atoms with Gasteiger partial charge in [0.15, 0.2) is 0 Å². The number of aromatic amines is 1. The zero-order chi connectivity index (χ0) is 15.2. The minimum absolute atomic E-state index is 0.843. The first-order chi connectivity index (χ1) is 10.8. The van der Waals surface area contributed by atoms with Crippen molar-refractivity contribution in [3.63, 3.8) is 0 Å². The van der Waals surface area contributed by atoms with Crippen molar-refractivity contribution in [3.8, 4) is 0 Å². The van der Waals surface area contributed by atoms with E-state index < -0.39 is 0 Å². The zero-order valence-electron chi connectivity index (χ0n) is 13.0. The van der Waals surface area contributed by atoms with Gasteiger partial charge in [-0.2, -0.15) is 5.10 Å². The molecule has 0 saturated carbocycles. The molecule has 0 bridgehead atoms. The Labute approximate surface area is 130 Å². The van der Waals surface area contributed by atoms with Gasteiger partial charge in [0.1, 0.15) is 0 Å². The van der Waals surface area contributed by atoms with Gasteiger partial charge >= 0.3 is 0 Å². The SMILES string of the molecule is Cc1[nH]ncc1CNCCN1CCN(c2ncccn2)CC1. The molecule has 3 rings (SSSR count).